The van der Waals surface area contributed by atoms with Gasteiger partial charge in [0.1, 0.15) is 0 Å². The highest BCUT2D eigenvalue weighted by Crippen LogP contribution is 2.27. The van der Waals surface area contributed by atoms with E-state index in [4.69, 9.17) is 11.6 Å². The molecule has 0 saturated carbocycles. The molecule has 0 bridgehead atoms. The Kier molecular flexibility index (Phi) is 5.30. The monoisotopic (exact) mass is 239 g/mol. The molecule has 0 aliphatic carbocycles. The smallest absolute Gasteiger partial charge is 0.0409 e. The zero-order valence-electron chi connectivity index (χ0n) is 10.7. The molecule has 2 heteroatoms. The van der Waals surface area contributed by atoms with Gasteiger partial charge in [0.05, 0.1) is 0 Å². The Morgan fingerprint density at radius 1 is 1.31 bits per heavy atom. The largest absolute Gasteiger partial charge is 0.310 e. The van der Waals surface area contributed by atoms with Gasteiger partial charge in [-0.25, -0.2) is 0 Å². The van der Waals surface area contributed by atoms with Crippen LogP contribution < -0.4 is 5.32 Å². The van der Waals surface area contributed by atoms with E-state index < -0.39 is 0 Å². The predicted molar refractivity (Wildman–Crippen MR) is 72.1 cm³/mol. The van der Waals surface area contributed by atoms with Crippen LogP contribution in [0.1, 0.15) is 44.4 Å². The van der Waals surface area contributed by atoms with E-state index in [1.54, 1.807) is 0 Å². The molecule has 1 atom stereocenters. The number of benzene rings is 1. The van der Waals surface area contributed by atoms with Crippen LogP contribution in [0.2, 0.25) is 5.02 Å². The van der Waals surface area contributed by atoms with E-state index in [1.807, 2.05) is 6.07 Å². The van der Waals surface area contributed by atoms with Crippen molar-refractivity contribution in [2.24, 2.45) is 5.92 Å². The van der Waals surface area contributed by atoms with Crippen molar-refractivity contribution in [2.45, 2.75) is 40.2 Å². The summed E-state index contributed by atoms with van der Waals surface area (Å²) in [5, 5.41) is 4.42. The summed E-state index contributed by atoms with van der Waals surface area (Å²) in [6, 6.07) is 6.54. The van der Waals surface area contributed by atoms with Crippen LogP contribution in [0.4, 0.5) is 0 Å². The average molecular weight is 240 g/mol. The molecule has 0 amide bonds. The van der Waals surface area contributed by atoms with E-state index in [9.17, 15) is 0 Å². The molecule has 0 aliphatic rings. The molecule has 1 aromatic rings. The number of nitrogens with one attached hydrogen (secondary N) is 1. The van der Waals surface area contributed by atoms with Gasteiger partial charge in [0, 0.05) is 11.1 Å². The van der Waals surface area contributed by atoms with Crippen molar-refractivity contribution in [3.8, 4) is 0 Å². The summed E-state index contributed by atoms with van der Waals surface area (Å²) in [6.45, 7) is 9.88. The van der Waals surface area contributed by atoms with E-state index >= 15 is 0 Å². The third-order valence-corrected chi connectivity index (χ3v) is 3.09. The molecular formula is C14H22ClN. The summed E-state index contributed by atoms with van der Waals surface area (Å²) >= 11 is 6.07. The van der Waals surface area contributed by atoms with Crippen molar-refractivity contribution < 1.29 is 0 Å². The highest BCUT2D eigenvalue weighted by atomic mass is 35.5. The van der Waals surface area contributed by atoms with Gasteiger partial charge >= 0.3 is 0 Å². The second-order valence-corrected chi connectivity index (χ2v) is 5.11. The minimum Gasteiger partial charge on any atom is -0.310 e. The highest BCUT2D eigenvalue weighted by molar-refractivity contribution is 6.30. The Bertz CT molecular complexity index is 334. The minimum absolute atomic E-state index is 0.402. The molecule has 0 aromatic heterocycles. The second kappa shape index (κ2) is 6.27. The fraction of sp³-hybridized carbons (Fsp3) is 0.571. The van der Waals surface area contributed by atoms with Crippen molar-refractivity contribution in [2.75, 3.05) is 6.54 Å². The van der Waals surface area contributed by atoms with Gasteiger partial charge in [-0.2, -0.15) is 0 Å². The fourth-order valence-electron chi connectivity index (χ4n) is 1.95. The molecule has 0 heterocycles. The first-order chi connectivity index (χ1) is 7.56. The molecule has 1 nitrogen and oxygen atoms in total. The van der Waals surface area contributed by atoms with Crippen LogP contribution in [0.5, 0.6) is 0 Å². The van der Waals surface area contributed by atoms with Crippen molar-refractivity contribution >= 4 is 11.6 Å². The normalized spacial score (nSPS) is 13.1. The first-order valence-electron chi connectivity index (χ1n) is 6.05. The summed E-state index contributed by atoms with van der Waals surface area (Å²) in [4.78, 5) is 0. The molecule has 0 fully saturated rings. The first kappa shape index (κ1) is 13.5. The number of hydrogen-bond donors (Lipinski definition) is 1. The van der Waals surface area contributed by atoms with E-state index in [-0.39, 0.29) is 0 Å². The van der Waals surface area contributed by atoms with Crippen molar-refractivity contribution in [3.63, 3.8) is 0 Å². The predicted octanol–water partition coefficient (Wildman–Crippen LogP) is 4.35. The molecule has 1 N–H and O–H groups in total. The summed E-state index contributed by atoms with van der Waals surface area (Å²) in [6.07, 6.45) is 1.16. The van der Waals surface area contributed by atoms with Gasteiger partial charge in [0.15, 0.2) is 0 Å². The lowest BCUT2D eigenvalue weighted by atomic mass is 9.92. The van der Waals surface area contributed by atoms with Crippen LogP contribution in [0, 0.1) is 12.8 Å². The van der Waals surface area contributed by atoms with Gasteiger partial charge < -0.3 is 5.32 Å². The number of aryl methyl sites for hydroxylation is 1. The summed E-state index contributed by atoms with van der Waals surface area (Å²) < 4.78 is 0. The highest BCUT2D eigenvalue weighted by Gasteiger charge is 2.16. The van der Waals surface area contributed by atoms with Crippen molar-refractivity contribution in [1.29, 1.82) is 0 Å². The number of rotatable bonds is 5. The van der Waals surface area contributed by atoms with Crippen LogP contribution in [-0.4, -0.2) is 6.54 Å². The van der Waals surface area contributed by atoms with Crippen LogP contribution in [-0.2, 0) is 0 Å². The topological polar surface area (TPSA) is 12.0 Å². The lowest BCUT2D eigenvalue weighted by molar-refractivity contribution is 0.411. The standard InChI is InChI=1S/C14H22ClN/c1-5-8-16-14(10(2)3)13-9-12(15)7-6-11(13)4/h6-7,9-10,14,16H,5,8H2,1-4H3. The summed E-state index contributed by atoms with van der Waals surface area (Å²) in [7, 11) is 0. The van der Waals surface area contributed by atoms with Gasteiger partial charge in [-0.05, 0) is 49.1 Å². The third-order valence-electron chi connectivity index (χ3n) is 2.86. The van der Waals surface area contributed by atoms with Gasteiger partial charge in [-0.1, -0.05) is 38.4 Å². The van der Waals surface area contributed by atoms with Crippen molar-refractivity contribution in [1.82, 2.24) is 5.32 Å². The molecule has 16 heavy (non-hydrogen) atoms. The molecule has 1 unspecified atom stereocenters. The van der Waals surface area contributed by atoms with Gasteiger partial charge in [-0.3, -0.25) is 0 Å². The van der Waals surface area contributed by atoms with Gasteiger partial charge in [0.25, 0.3) is 0 Å². The van der Waals surface area contributed by atoms with Crippen LogP contribution in [0.25, 0.3) is 0 Å². The van der Waals surface area contributed by atoms with Gasteiger partial charge in [0.2, 0.25) is 0 Å². The van der Waals surface area contributed by atoms with Crippen molar-refractivity contribution in [3.05, 3.63) is 34.3 Å². The summed E-state index contributed by atoms with van der Waals surface area (Å²) in [5.41, 5.74) is 2.64. The van der Waals surface area contributed by atoms with Crippen LogP contribution in [0.15, 0.2) is 18.2 Å². The minimum atomic E-state index is 0.402. The third kappa shape index (κ3) is 3.50. The maximum absolute atomic E-state index is 6.07. The van der Waals surface area contributed by atoms with Crippen LogP contribution >= 0.6 is 11.6 Å². The first-order valence-corrected chi connectivity index (χ1v) is 6.43. The zero-order valence-corrected chi connectivity index (χ0v) is 11.4. The Morgan fingerprint density at radius 2 is 2.00 bits per heavy atom. The molecule has 1 rings (SSSR count). The second-order valence-electron chi connectivity index (χ2n) is 4.68. The Labute approximate surface area is 104 Å². The van der Waals surface area contributed by atoms with Gasteiger partial charge in [-0.15, -0.1) is 0 Å². The maximum Gasteiger partial charge on any atom is 0.0409 e. The fourth-order valence-corrected chi connectivity index (χ4v) is 2.13. The summed E-state index contributed by atoms with van der Waals surface area (Å²) in [5.74, 6) is 0.573. The van der Waals surface area contributed by atoms with E-state index in [0.717, 1.165) is 18.0 Å². The Morgan fingerprint density at radius 3 is 2.56 bits per heavy atom. The maximum atomic E-state index is 6.07. The molecule has 0 radical (unpaired) electrons. The lowest BCUT2D eigenvalue weighted by Crippen LogP contribution is -2.27. The SMILES string of the molecule is CCCNC(c1cc(Cl)ccc1C)C(C)C. The Balaban J connectivity index is 2.95. The zero-order chi connectivity index (χ0) is 12.1. The lowest BCUT2D eigenvalue weighted by Gasteiger charge is -2.24. The number of halogens is 1. The molecule has 90 valence electrons. The van der Waals surface area contributed by atoms with E-state index in [1.165, 1.54) is 11.1 Å². The number of hydrogen-bond acceptors (Lipinski definition) is 1. The van der Waals surface area contributed by atoms with E-state index in [2.05, 4.69) is 45.1 Å². The van der Waals surface area contributed by atoms with E-state index in [0.29, 0.717) is 12.0 Å². The molecule has 1 aromatic carbocycles. The molecular weight excluding hydrogens is 218 g/mol. The molecule has 0 spiro atoms. The Hall–Kier alpha value is -0.530. The quantitative estimate of drug-likeness (QED) is 0.806. The molecule has 0 saturated heterocycles. The van der Waals surface area contributed by atoms with Crippen LogP contribution in [0.3, 0.4) is 0 Å². The molecule has 0 aliphatic heterocycles. The average Bonchev–Trinajstić information content (AvgIpc) is 2.23.